The molecule has 2 heterocycles. The maximum Gasteiger partial charge on any atom is 0.248 e. The Hall–Kier alpha value is -1.04. The van der Waals surface area contributed by atoms with Crippen LogP contribution in [0.5, 0.6) is 0 Å². The van der Waals surface area contributed by atoms with Crippen molar-refractivity contribution in [2.75, 3.05) is 13.1 Å². The van der Waals surface area contributed by atoms with Crippen molar-refractivity contribution in [2.24, 2.45) is 0 Å². The molecule has 1 aliphatic carbocycles. The average Bonchev–Trinajstić information content (AvgIpc) is 2.62. The summed E-state index contributed by atoms with van der Waals surface area (Å²) >= 11 is 0. The smallest absolute Gasteiger partial charge is 0.248 e. The van der Waals surface area contributed by atoms with Crippen LogP contribution in [0.25, 0.3) is 0 Å². The lowest BCUT2D eigenvalue weighted by Gasteiger charge is -2.26. The second-order valence-electron chi connectivity index (χ2n) is 5.00. The minimum absolute atomic E-state index is 0.0131. The molecule has 3 rings (SSSR count). The fourth-order valence-electron chi connectivity index (χ4n) is 2.43. The van der Waals surface area contributed by atoms with Gasteiger partial charge in [-0.05, 0) is 12.8 Å². The fourth-order valence-corrected chi connectivity index (χ4v) is 2.43. The topological polar surface area (TPSA) is 51.0 Å². The monoisotopic (exact) mass is 243 g/mol. The molecule has 17 heavy (non-hydrogen) atoms. The van der Waals surface area contributed by atoms with Gasteiger partial charge < -0.3 is 9.84 Å². The van der Waals surface area contributed by atoms with E-state index in [1.54, 1.807) is 0 Å². The van der Waals surface area contributed by atoms with Gasteiger partial charge in [0.25, 0.3) is 0 Å². The molecule has 2 aliphatic rings. The highest BCUT2D eigenvalue weighted by molar-refractivity contribution is 5.05. The van der Waals surface area contributed by atoms with Gasteiger partial charge in [-0.1, -0.05) is 5.16 Å². The van der Waals surface area contributed by atoms with E-state index in [1.807, 2.05) is 0 Å². The molecule has 94 valence electrons. The summed E-state index contributed by atoms with van der Waals surface area (Å²) in [6.07, 6.45) is 1.11. The van der Waals surface area contributed by atoms with Gasteiger partial charge in [0, 0.05) is 31.8 Å². The van der Waals surface area contributed by atoms with Gasteiger partial charge in [-0.15, -0.1) is 0 Å². The number of alkyl halides is 2. The first kappa shape index (κ1) is 11.1. The molecule has 1 atom stereocenters. The molecule has 4 nitrogen and oxygen atoms in total. The van der Waals surface area contributed by atoms with E-state index in [0.29, 0.717) is 18.1 Å². The lowest BCUT2D eigenvalue weighted by molar-refractivity contribution is -0.0418. The van der Waals surface area contributed by atoms with Gasteiger partial charge in [0.2, 0.25) is 11.8 Å². The summed E-state index contributed by atoms with van der Waals surface area (Å²) in [5.74, 6) is -1.49. The second kappa shape index (κ2) is 4.01. The fraction of sp³-hybridized carbons (Fsp3) is 0.818. The van der Waals surface area contributed by atoms with E-state index in [9.17, 15) is 8.78 Å². The summed E-state index contributed by atoms with van der Waals surface area (Å²) in [5.41, 5.74) is 0. The van der Waals surface area contributed by atoms with Crippen LogP contribution < -0.4 is 5.32 Å². The Bertz CT molecular complexity index is 403. The lowest BCUT2D eigenvalue weighted by Crippen LogP contribution is -2.40. The van der Waals surface area contributed by atoms with E-state index in [-0.39, 0.29) is 24.7 Å². The molecule has 1 aromatic rings. The Morgan fingerprint density at radius 1 is 1.29 bits per heavy atom. The van der Waals surface area contributed by atoms with Gasteiger partial charge in [-0.2, -0.15) is 4.98 Å². The van der Waals surface area contributed by atoms with E-state index in [2.05, 4.69) is 15.5 Å². The van der Waals surface area contributed by atoms with E-state index < -0.39 is 5.92 Å². The molecule has 0 aromatic carbocycles. The molecular formula is C11H15F2N3O. The van der Waals surface area contributed by atoms with Crippen LogP contribution in [0.2, 0.25) is 0 Å². The number of rotatable bonds is 2. The highest BCUT2D eigenvalue weighted by Gasteiger charge is 2.39. The Morgan fingerprint density at radius 2 is 2.12 bits per heavy atom. The number of nitrogens with one attached hydrogen (secondary N) is 1. The molecule has 1 unspecified atom stereocenters. The third kappa shape index (κ3) is 2.18. The van der Waals surface area contributed by atoms with Crippen molar-refractivity contribution >= 4 is 0 Å². The number of aromatic nitrogens is 2. The van der Waals surface area contributed by atoms with E-state index >= 15 is 0 Å². The average molecular weight is 243 g/mol. The summed E-state index contributed by atoms with van der Waals surface area (Å²) in [5, 5.41) is 6.97. The van der Waals surface area contributed by atoms with Gasteiger partial charge in [-0.3, -0.25) is 0 Å². The first-order valence-corrected chi connectivity index (χ1v) is 6.06. The molecule has 1 N–H and O–H groups in total. The van der Waals surface area contributed by atoms with E-state index in [0.717, 1.165) is 19.5 Å². The van der Waals surface area contributed by atoms with Crippen LogP contribution in [-0.4, -0.2) is 29.2 Å². The van der Waals surface area contributed by atoms with Crippen molar-refractivity contribution in [3.8, 4) is 0 Å². The normalized spacial score (nSPS) is 28.9. The van der Waals surface area contributed by atoms with Crippen LogP contribution >= 0.6 is 0 Å². The summed E-state index contributed by atoms with van der Waals surface area (Å²) in [7, 11) is 0. The van der Waals surface area contributed by atoms with Crippen LogP contribution in [0, 0.1) is 0 Å². The van der Waals surface area contributed by atoms with Crippen molar-refractivity contribution in [3.63, 3.8) is 0 Å². The molecule has 0 radical (unpaired) electrons. The highest BCUT2D eigenvalue weighted by Crippen LogP contribution is 2.40. The Kier molecular flexibility index (Phi) is 2.61. The van der Waals surface area contributed by atoms with E-state index in [4.69, 9.17) is 4.52 Å². The van der Waals surface area contributed by atoms with Gasteiger partial charge in [0.1, 0.15) is 0 Å². The van der Waals surface area contributed by atoms with Crippen molar-refractivity contribution in [1.29, 1.82) is 0 Å². The predicted molar refractivity (Wildman–Crippen MR) is 56.1 cm³/mol. The Morgan fingerprint density at radius 3 is 2.76 bits per heavy atom. The number of halogens is 2. The minimum atomic E-state index is -2.57. The minimum Gasteiger partial charge on any atom is -0.339 e. The standard InChI is InChI=1S/C11H15F2N3O/c12-11(13)3-1-2-7(4-11)9-15-10(17-16-9)8-5-14-6-8/h7-8,14H,1-6H2. The summed E-state index contributed by atoms with van der Waals surface area (Å²) < 4.78 is 31.7. The third-order valence-electron chi connectivity index (χ3n) is 3.59. The number of hydrogen-bond acceptors (Lipinski definition) is 4. The maximum atomic E-state index is 13.3. The zero-order valence-corrected chi connectivity index (χ0v) is 9.46. The molecule has 0 spiro atoms. The zero-order chi connectivity index (χ0) is 11.9. The van der Waals surface area contributed by atoms with Crippen LogP contribution in [-0.2, 0) is 0 Å². The first-order valence-electron chi connectivity index (χ1n) is 6.06. The number of hydrogen-bond donors (Lipinski definition) is 1. The molecular weight excluding hydrogens is 228 g/mol. The Balaban J connectivity index is 1.72. The lowest BCUT2D eigenvalue weighted by atomic mass is 9.86. The second-order valence-corrected chi connectivity index (χ2v) is 5.00. The molecule has 2 fully saturated rings. The van der Waals surface area contributed by atoms with E-state index in [1.165, 1.54) is 0 Å². The van der Waals surface area contributed by atoms with Gasteiger partial charge >= 0.3 is 0 Å². The first-order chi connectivity index (χ1) is 8.14. The summed E-state index contributed by atoms with van der Waals surface area (Å²) in [6, 6.07) is 0. The van der Waals surface area contributed by atoms with Gasteiger partial charge in [0.05, 0.1) is 5.92 Å². The SMILES string of the molecule is FC1(F)CCCC(c2noc(C3CNC3)n2)C1. The quantitative estimate of drug-likeness (QED) is 0.863. The third-order valence-corrected chi connectivity index (χ3v) is 3.59. The zero-order valence-electron chi connectivity index (χ0n) is 9.46. The van der Waals surface area contributed by atoms with Gasteiger partial charge in [-0.25, -0.2) is 8.78 Å². The molecule has 1 saturated heterocycles. The molecule has 0 amide bonds. The van der Waals surface area contributed by atoms with Crippen LogP contribution in [0.1, 0.15) is 49.2 Å². The predicted octanol–water partition coefficient (Wildman–Crippen LogP) is 2.05. The van der Waals surface area contributed by atoms with Crippen molar-refractivity contribution in [3.05, 3.63) is 11.7 Å². The number of nitrogens with zero attached hydrogens (tertiary/aromatic N) is 2. The summed E-state index contributed by atoms with van der Waals surface area (Å²) in [6.45, 7) is 1.67. The van der Waals surface area contributed by atoms with Gasteiger partial charge in [0.15, 0.2) is 5.82 Å². The van der Waals surface area contributed by atoms with Crippen LogP contribution in [0.15, 0.2) is 4.52 Å². The van der Waals surface area contributed by atoms with Crippen LogP contribution in [0.4, 0.5) is 8.78 Å². The van der Waals surface area contributed by atoms with Crippen molar-refractivity contribution in [2.45, 2.75) is 43.4 Å². The molecule has 1 aromatic heterocycles. The van der Waals surface area contributed by atoms with Crippen molar-refractivity contribution < 1.29 is 13.3 Å². The Labute approximate surface area is 97.8 Å². The van der Waals surface area contributed by atoms with Crippen LogP contribution in [0.3, 0.4) is 0 Å². The maximum absolute atomic E-state index is 13.3. The largest absolute Gasteiger partial charge is 0.339 e. The highest BCUT2D eigenvalue weighted by atomic mass is 19.3. The molecule has 0 bridgehead atoms. The molecule has 6 heteroatoms. The molecule has 1 saturated carbocycles. The van der Waals surface area contributed by atoms with Crippen molar-refractivity contribution in [1.82, 2.24) is 15.5 Å². The summed E-state index contributed by atoms with van der Waals surface area (Å²) in [4.78, 5) is 4.27. The molecule has 1 aliphatic heterocycles.